The van der Waals surface area contributed by atoms with Crippen LogP contribution < -0.4 is 5.32 Å². The van der Waals surface area contributed by atoms with Crippen molar-refractivity contribution in [1.29, 1.82) is 0 Å². The average Bonchev–Trinajstić information content (AvgIpc) is 3.14. The molecule has 2 aromatic heterocycles. The van der Waals surface area contributed by atoms with Crippen LogP contribution in [0.5, 0.6) is 0 Å². The number of hydrogen-bond donors (Lipinski definition) is 2. The summed E-state index contributed by atoms with van der Waals surface area (Å²) in [5.41, 5.74) is 2.08. The van der Waals surface area contributed by atoms with Crippen molar-refractivity contribution in [2.75, 3.05) is 6.54 Å². The number of carbonyl (C=O) groups excluding carboxylic acids is 1. The minimum absolute atomic E-state index is 0.249. The van der Waals surface area contributed by atoms with Crippen LogP contribution in [0.4, 0.5) is 4.39 Å². The highest BCUT2D eigenvalue weighted by Crippen LogP contribution is 2.19. The molecule has 0 spiro atoms. The number of alkyl halides is 1. The number of halogens is 2. The van der Waals surface area contributed by atoms with E-state index in [0.717, 1.165) is 16.5 Å². The largest absolute Gasteiger partial charge is 0.361 e. The van der Waals surface area contributed by atoms with Crippen molar-refractivity contribution in [2.24, 2.45) is 0 Å². The first-order valence-corrected chi connectivity index (χ1v) is 7.85. The molecule has 0 aliphatic carbocycles. The summed E-state index contributed by atoms with van der Waals surface area (Å²) in [7, 11) is 0. The van der Waals surface area contributed by atoms with Crippen LogP contribution in [0, 0.1) is 5.82 Å². The summed E-state index contributed by atoms with van der Waals surface area (Å²) < 4.78 is 18.2. The number of nitrogens with one attached hydrogen (secondary N) is 2. The average molecular weight is 366 g/mol. The van der Waals surface area contributed by atoms with Crippen LogP contribution in [-0.4, -0.2) is 22.6 Å². The summed E-state index contributed by atoms with van der Waals surface area (Å²) in [5, 5.41) is 7.80. The van der Waals surface area contributed by atoms with E-state index in [9.17, 15) is 9.18 Å². The molecular formula is C15H13BrFN3O2. The third-order valence-corrected chi connectivity index (χ3v) is 3.89. The molecule has 0 atom stereocenters. The smallest absolute Gasteiger partial charge is 0.273 e. The molecule has 1 aromatic carbocycles. The van der Waals surface area contributed by atoms with Gasteiger partial charge in [-0.25, -0.2) is 4.39 Å². The second-order valence-corrected chi connectivity index (χ2v) is 5.38. The molecule has 0 unspecified atom stereocenters. The SMILES string of the molecule is O=C(NCCc1c[nH]c2ccc(F)cc12)c1cc(CBr)on1. The van der Waals surface area contributed by atoms with Gasteiger partial charge in [0.05, 0.1) is 5.33 Å². The Kier molecular flexibility index (Phi) is 4.24. The molecule has 0 saturated heterocycles. The fraction of sp³-hybridized carbons (Fsp3) is 0.200. The molecular weight excluding hydrogens is 353 g/mol. The Morgan fingerprint density at radius 2 is 2.27 bits per heavy atom. The van der Waals surface area contributed by atoms with Gasteiger partial charge >= 0.3 is 0 Å². The maximum atomic E-state index is 13.3. The number of nitrogens with zero attached hydrogens (tertiary/aromatic N) is 1. The van der Waals surface area contributed by atoms with E-state index in [2.05, 4.69) is 31.4 Å². The predicted octanol–water partition coefficient (Wildman–Crippen LogP) is 3.16. The number of amides is 1. The molecule has 0 aliphatic heterocycles. The van der Waals surface area contributed by atoms with Crippen molar-refractivity contribution in [1.82, 2.24) is 15.5 Å². The first kappa shape index (κ1) is 14.8. The van der Waals surface area contributed by atoms with Crippen molar-refractivity contribution in [3.8, 4) is 0 Å². The fourth-order valence-electron chi connectivity index (χ4n) is 2.24. The molecule has 0 saturated carbocycles. The summed E-state index contributed by atoms with van der Waals surface area (Å²) in [5.74, 6) is 0.0292. The number of benzene rings is 1. The van der Waals surface area contributed by atoms with Crippen molar-refractivity contribution in [3.05, 3.63) is 53.3 Å². The van der Waals surface area contributed by atoms with E-state index < -0.39 is 0 Å². The number of aromatic nitrogens is 2. The number of hydrogen-bond acceptors (Lipinski definition) is 3. The number of fused-ring (bicyclic) bond motifs is 1. The van der Waals surface area contributed by atoms with Crippen LogP contribution in [0.1, 0.15) is 21.8 Å². The highest BCUT2D eigenvalue weighted by atomic mass is 79.9. The molecule has 22 heavy (non-hydrogen) atoms. The zero-order valence-corrected chi connectivity index (χ0v) is 13.1. The van der Waals surface area contributed by atoms with Crippen molar-refractivity contribution in [3.63, 3.8) is 0 Å². The second kappa shape index (κ2) is 6.31. The summed E-state index contributed by atoms with van der Waals surface area (Å²) in [4.78, 5) is 15.0. The minimum Gasteiger partial charge on any atom is -0.361 e. The zero-order chi connectivity index (χ0) is 15.5. The molecule has 3 rings (SSSR count). The number of carbonyl (C=O) groups is 1. The van der Waals surface area contributed by atoms with Crippen molar-refractivity contribution < 1.29 is 13.7 Å². The van der Waals surface area contributed by atoms with Gasteiger partial charge in [-0.2, -0.15) is 0 Å². The van der Waals surface area contributed by atoms with Gasteiger partial charge in [-0.3, -0.25) is 4.79 Å². The lowest BCUT2D eigenvalue weighted by Crippen LogP contribution is -2.25. The van der Waals surface area contributed by atoms with Crippen LogP contribution in [0.15, 0.2) is 35.0 Å². The van der Waals surface area contributed by atoms with Gasteiger partial charge in [0.25, 0.3) is 5.91 Å². The highest BCUT2D eigenvalue weighted by molar-refractivity contribution is 9.08. The maximum Gasteiger partial charge on any atom is 0.273 e. The second-order valence-electron chi connectivity index (χ2n) is 4.82. The highest BCUT2D eigenvalue weighted by Gasteiger charge is 2.12. The molecule has 0 aliphatic rings. The first-order chi connectivity index (χ1) is 10.7. The molecule has 0 bridgehead atoms. The van der Waals surface area contributed by atoms with E-state index in [1.165, 1.54) is 12.1 Å². The van der Waals surface area contributed by atoms with Gasteiger partial charge in [-0.15, -0.1) is 0 Å². The Morgan fingerprint density at radius 1 is 1.41 bits per heavy atom. The van der Waals surface area contributed by atoms with Gasteiger partial charge in [0.1, 0.15) is 11.6 Å². The fourth-order valence-corrected chi connectivity index (χ4v) is 2.51. The maximum absolute atomic E-state index is 13.3. The number of aromatic amines is 1. The molecule has 0 fully saturated rings. The summed E-state index contributed by atoms with van der Waals surface area (Å²) in [6.07, 6.45) is 2.42. The third-order valence-electron chi connectivity index (χ3n) is 3.33. The Labute approximate surface area is 134 Å². The Balaban J connectivity index is 1.62. The molecule has 5 nitrogen and oxygen atoms in total. The number of rotatable bonds is 5. The van der Waals surface area contributed by atoms with E-state index in [0.29, 0.717) is 24.1 Å². The van der Waals surface area contributed by atoms with Gasteiger partial charge < -0.3 is 14.8 Å². The van der Waals surface area contributed by atoms with E-state index in [-0.39, 0.29) is 17.4 Å². The normalized spacial score (nSPS) is 11.0. The summed E-state index contributed by atoms with van der Waals surface area (Å²) in [6.45, 7) is 0.429. The topological polar surface area (TPSA) is 70.9 Å². The van der Waals surface area contributed by atoms with Gasteiger partial charge in [0.2, 0.25) is 0 Å². The van der Waals surface area contributed by atoms with Gasteiger partial charge in [-0.05, 0) is 30.2 Å². The Morgan fingerprint density at radius 3 is 3.05 bits per heavy atom. The third kappa shape index (κ3) is 3.04. The Bertz CT molecular complexity index is 812. The molecule has 0 radical (unpaired) electrons. The monoisotopic (exact) mass is 365 g/mol. The van der Waals surface area contributed by atoms with E-state index in [1.807, 2.05) is 6.20 Å². The predicted molar refractivity (Wildman–Crippen MR) is 83.4 cm³/mol. The van der Waals surface area contributed by atoms with Crippen molar-refractivity contribution >= 4 is 32.7 Å². The van der Waals surface area contributed by atoms with Crippen molar-refractivity contribution in [2.45, 2.75) is 11.8 Å². The van der Waals surface area contributed by atoms with Gasteiger partial charge in [0.15, 0.2) is 5.69 Å². The summed E-state index contributed by atoms with van der Waals surface area (Å²) in [6, 6.07) is 6.19. The minimum atomic E-state index is -0.290. The molecule has 2 N–H and O–H groups in total. The quantitative estimate of drug-likeness (QED) is 0.682. The van der Waals surface area contributed by atoms with Crippen LogP contribution in [0.2, 0.25) is 0 Å². The number of H-pyrrole nitrogens is 1. The first-order valence-electron chi connectivity index (χ1n) is 6.72. The van der Waals surface area contributed by atoms with Crippen LogP contribution in [0.25, 0.3) is 10.9 Å². The van der Waals surface area contributed by atoms with Gasteiger partial charge in [0, 0.05) is 29.7 Å². The van der Waals surface area contributed by atoms with E-state index >= 15 is 0 Å². The Hall–Kier alpha value is -2.15. The van der Waals surface area contributed by atoms with E-state index in [1.54, 1.807) is 12.1 Å². The van der Waals surface area contributed by atoms with E-state index in [4.69, 9.17) is 4.52 Å². The van der Waals surface area contributed by atoms with Crippen LogP contribution in [-0.2, 0) is 11.8 Å². The molecule has 7 heteroatoms. The van der Waals surface area contributed by atoms with Crippen LogP contribution in [0.3, 0.4) is 0 Å². The zero-order valence-electron chi connectivity index (χ0n) is 11.5. The molecule has 3 aromatic rings. The summed E-state index contributed by atoms with van der Waals surface area (Å²) >= 11 is 3.23. The standard InChI is InChI=1S/C15H13BrFN3O2/c16-7-11-6-14(20-22-11)15(21)18-4-3-9-8-19-13-2-1-10(17)5-12(9)13/h1-2,5-6,8,19H,3-4,7H2,(H,18,21). The van der Waals surface area contributed by atoms with Crippen LogP contribution >= 0.6 is 15.9 Å². The molecule has 1 amide bonds. The lowest BCUT2D eigenvalue weighted by atomic mass is 10.1. The lowest BCUT2D eigenvalue weighted by Gasteiger charge is -2.02. The lowest BCUT2D eigenvalue weighted by molar-refractivity contribution is 0.0945. The molecule has 114 valence electrons. The van der Waals surface area contributed by atoms with Gasteiger partial charge in [-0.1, -0.05) is 21.1 Å². The molecule has 2 heterocycles.